The number of piperazine rings is 1. The Balaban J connectivity index is 1.34. The molecule has 0 N–H and O–H groups in total. The van der Waals surface area contributed by atoms with Crippen molar-refractivity contribution < 1.29 is 9.59 Å². The molecule has 1 aromatic heterocycles. The number of benzene rings is 2. The van der Waals surface area contributed by atoms with Crippen LogP contribution in [-0.4, -0.2) is 77.9 Å². The highest BCUT2D eigenvalue weighted by molar-refractivity contribution is 5.98. The minimum absolute atomic E-state index is 0.0439. The molecule has 0 atom stereocenters. The van der Waals surface area contributed by atoms with E-state index in [2.05, 4.69) is 41.9 Å². The zero-order chi connectivity index (χ0) is 22.5. The second kappa shape index (κ2) is 10.0. The molecule has 2 aromatic carbocycles. The van der Waals surface area contributed by atoms with Gasteiger partial charge in [0.2, 0.25) is 5.91 Å². The monoisotopic (exact) mass is 432 g/mol. The Bertz CT molecular complexity index is 1070. The van der Waals surface area contributed by atoms with E-state index in [9.17, 15) is 9.59 Å². The fourth-order valence-electron chi connectivity index (χ4n) is 4.31. The van der Waals surface area contributed by atoms with E-state index >= 15 is 0 Å². The van der Waals surface area contributed by atoms with Gasteiger partial charge in [-0.05, 0) is 56.9 Å². The van der Waals surface area contributed by atoms with Gasteiger partial charge < -0.3 is 19.3 Å². The van der Waals surface area contributed by atoms with Gasteiger partial charge in [-0.1, -0.05) is 30.3 Å². The van der Waals surface area contributed by atoms with Crippen LogP contribution in [0, 0.1) is 0 Å². The maximum absolute atomic E-state index is 13.1. The summed E-state index contributed by atoms with van der Waals surface area (Å²) in [7, 11) is 4.18. The normalized spacial score (nSPS) is 14.3. The fraction of sp³-hybridized carbons (Fsp3) is 0.385. The van der Waals surface area contributed by atoms with Gasteiger partial charge in [0.15, 0.2) is 0 Å². The lowest BCUT2D eigenvalue weighted by Gasteiger charge is -2.35. The molecule has 6 heteroatoms. The van der Waals surface area contributed by atoms with Crippen LogP contribution in [0.3, 0.4) is 0 Å². The molecule has 0 spiro atoms. The topological polar surface area (TPSA) is 48.8 Å². The minimum Gasteiger partial charge on any atom is -0.347 e. The van der Waals surface area contributed by atoms with Crippen LogP contribution in [0.4, 0.5) is 0 Å². The number of fused-ring (bicyclic) bond motifs is 1. The summed E-state index contributed by atoms with van der Waals surface area (Å²) in [6.07, 6.45) is 3.60. The number of aromatic nitrogens is 1. The number of carbonyl (C=O) groups is 2. The number of aryl methyl sites for hydroxylation is 1. The van der Waals surface area contributed by atoms with Gasteiger partial charge in [0.05, 0.1) is 6.42 Å². The zero-order valence-corrected chi connectivity index (χ0v) is 19.0. The second-order valence-corrected chi connectivity index (χ2v) is 8.77. The molecular formula is C26H32N4O2. The second-order valence-electron chi connectivity index (χ2n) is 8.77. The summed E-state index contributed by atoms with van der Waals surface area (Å²) in [6.45, 7) is 4.33. The van der Waals surface area contributed by atoms with Crippen molar-refractivity contribution in [3.05, 3.63) is 71.9 Å². The van der Waals surface area contributed by atoms with Crippen molar-refractivity contribution in [3.63, 3.8) is 0 Å². The van der Waals surface area contributed by atoms with Crippen LogP contribution >= 0.6 is 0 Å². The van der Waals surface area contributed by atoms with E-state index in [1.807, 2.05) is 52.3 Å². The first-order valence-corrected chi connectivity index (χ1v) is 11.4. The lowest BCUT2D eigenvalue weighted by Crippen LogP contribution is -2.51. The van der Waals surface area contributed by atoms with E-state index in [0.29, 0.717) is 38.2 Å². The third-order valence-corrected chi connectivity index (χ3v) is 6.14. The number of hydrogen-bond acceptors (Lipinski definition) is 3. The molecule has 32 heavy (non-hydrogen) atoms. The number of amides is 2. The smallest absolute Gasteiger partial charge is 0.253 e. The van der Waals surface area contributed by atoms with Gasteiger partial charge in [0.25, 0.3) is 5.91 Å². The molecule has 2 amide bonds. The van der Waals surface area contributed by atoms with Gasteiger partial charge in [0.1, 0.15) is 0 Å². The number of nitrogens with zero attached hydrogens (tertiary/aromatic N) is 4. The molecule has 0 aliphatic carbocycles. The van der Waals surface area contributed by atoms with Crippen molar-refractivity contribution in [1.82, 2.24) is 19.3 Å². The maximum atomic E-state index is 13.1. The van der Waals surface area contributed by atoms with Gasteiger partial charge in [-0.3, -0.25) is 9.59 Å². The summed E-state index contributed by atoms with van der Waals surface area (Å²) in [5, 5.41) is 1.09. The van der Waals surface area contributed by atoms with Crippen molar-refractivity contribution in [2.45, 2.75) is 19.4 Å². The van der Waals surface area contributed by atoms with Gasteiger partial charge >= 0.3 is 0 Å². The Morgan fingerprint density at radius 2 is 1.62 bits per heavy atom. The average Bonchev–Trinajstić information content (AvgIpc) is 3.21. The highest BCUT2D eigenvalue weighted by Crippen LogP contribution is 2.20. The van der Waals surface area contributed by atoms with Crippen LogP contribution in [0.15, 0.2) is 60.8 Å². The standard InChI is InChI=1S/C26H32N4O2/c1-27(2)12-6-13-28-14-11-22-20-23(9-10-24(22)28)26(32)30-17-15-29(16-18-30)25(31)19-21-7-4-3-5-8-21/h3-5,7-11,14,20H,6,12-13,15-19H2,1-2H3. The Hall–Kier alpha value is -3.12. The maximum Gasteiger partial charge on any atom is 0.253 e. The molecule has 4 rings (SSSR count). The lowest BCUT2D eigenvalue weighted by atomic mass is 10.1. The summed E-state index contributed by atoms with van der Waals surface area (Å²) < 4.78 is 2.25. The zero-order valence-electron chi connectivity index (χ0n) is 19.0. The van der Waals surface area contributed by atoms with Crippen LogP contribution in [0.2, 0.25) is 0 Å². The van der Waals surface area contributed by atoms with E-state index in [4.69, 9.17) is 0 Å². The summed E-state index contributed by atoms with van der Waals surface area (Å²) in [4.78, 5) is 31.6. The fourth-order valence-corrected chi connectivity index (χ4v) is 4.31. The number of carbonyl (C=O) groups excluding carboxylic acids is 2. The van der Waals surface area contributed by atoms with Crippen LogP contribution in [0.25, 0.3) is 10.9 Å². The third kappa shape index (κ3) is 5.19. The molecule has 0 bridgehead atoms. The summed E-state index contributed by atoms with van der Waals surface area (Å²) in [5.74, 6) is 0.169. The lowest BCUT2D eigenvalue weighted by molar-refractivity contribution is -0.131. The van der Waals surface area contributed by atoms with Crippen molar-refractivity contribution in [2.24, 2.45) is 0 Å². The van der Waals surface area contributed by atoms with E-state index in [1.165, 1.54) is 0 Å². The van der Waals surface area contributed by atoms with E-state index in [1.54, 1.807) is 0 Å². The van der Waals surface area contributed by atoms with Crippen molar-refractivity contribution >= 4 is 22.7 Å². The molecule has 1 saturated heterocycles. The molecule has 1 aliphatic rings. The van der Waals surface area contributed by atoms with Gasteiger partial charge in [-0.25, -0.2) is 0 Å². The first kappa shape index (κ1) is 22.1. The largest absolute Gasteiger partial charge is 0.347 e. The average molecular weight is 433 g/mol. The third-order valence-electron chi connectivity index (χ3n) is 6.14. The number of hydrogen-bond donors (Lipinski definition) is 0. The van der Waals surface area contributed by atoms with Crippen molar-refractivity contribution in [2.75, 3.05) is 46.8 Å². The molecule has 3 aromatic rings. The molecule has 168 valence electrons. The van der Waals surface area contributed by atoms with E-state index in [-0.39, 0.29) is 11.8 Å². The van der Waals surface area contributed by atoms with Crippen LogP contribution in [0.5, 0.6) is 0 Å². The summed E-state index contributed by atoms with van der Waals surface area (Å²) >= 11 is 0. The highest BCUT2D eigenvalue weighted by Gasteiger charge is 2.25. The SMILES string of the molecule is CN(C)CCCn1ccc2cc(C(=O)N3CCN(C(=O)Cc4ccccc4)CC3)ccc21. The van der Waals surface area contributed by atoms with Crippen LogP contribution < -0.4 is 0 Å². The first-order valence-electron chi connectivity index (χ1n) is 11.4. The molecule has 0 radical (unpaired) electrons. The van der Waals surface area contributed by atoms with E-state index < -0.39 is 0 Å². The van der Waals surface area contributed by atoms with Crippen molar-refractivity contribution in [1.29, 1.82) is 0 Å². The van der Waals surface area contributed by atoms with E-state index in [0.717, 1.165) is 36.0 Å². The van der Waals surface area contributed by atoms with Gasteiger partial charge in [0, 0.05) is 55.4 Å². The quantitative estimate of drug-likeness (QED) is 0.576. The Kier molecular flexibility index (Phi) is 6.90. The molecule has 0 saturated carbocycles. The highest BCUT2D eigenvalue weighted by atomic mass is 16.2. The predicted octanol–water partition coefficient (Wildman–Crippen LogP) is 3.12. The molecule has 0 unspecified atom stereocenters. The molecule has 6 nitrogen and oxygen atoms in total. The minimum atomic E-state index is 0.0439. The molecule has 1 aliphatic heterocycles. The summed E-state index contributed by atoms with van der Waals surface area (Å²) in [5.41, 5.74) is 2.90. The van der Waals surface area contributed by atoms with Crippen LogP contribution in [-0.2, 0) is 17.8 Å². The Morgan fingerprint density at radius 3 is 2.34 bits per heavy atom. The van der Waals surface area contributed by atoms with Crippen molar-refractivity contribution in [3.8, 4) is 0 Å². The van der Waals surface area contributed by atoms with Crippen LogP contribution in [0.1, 0.15) is 22.3 Å². The molecule has 1 fully saturated rings. The summed E-state index contributed by atoms with van der Waals surface area (Å²) in [6, 6.07) is 17.9. The Morgan fingerprint density at radius 1 is 0.906 bits per heavy atom. The Labute approximate surface area is 190 Å². The van der Waals surface area contributed by atoms with Gasteiger partial charge in [-0.2, -0.15) is 0 Å². The predicted molar refractivity (Wildman–Crippen MR) is 128 cm³/mol. The first-order chi connectivity index (χ1) is 15.5. The number of rotatable bonds is 7. The molecular weight excluding hydrogens is 400 g/mol. The molecule has 2 heterocycles. The van der Waals surface area contributed by atoms with Gasteiger partial charge in [-0.15, -0.1) is 0 Å².